The molecule has 26 heavy (non-hydrogen) atoms. The molecule has 2 aliphatic rings. The molecule has 1 aliphatic heterocycles. The number of nitrogens with one attached hydrogen (secondary N) is 2. The van der Waals surface area contributed by atoms with Crippen LogP contribution in [0.5, 0.6) is 0 Å². The zero-order chi connectivity index (χ0) is 18.5. The first kappa shape index (κ1) is 17.0. The summed E-state index contributed by atoms with van der Waals surface area (Å²) in [6.07, 6.45) is 4.57. The van der Waals surface area contributed by atoms with Gasteiger partial charge in [0.25, 0.3) is 5.91 Å². The Morgan fingerprint density at radius 3 is 2.42 bits per heavy atom. The Hall–Kier alpha value is -2.44. The Morgan fingerprint density at radius 1 is 1.15 bits per heavy atom. The van der Waals surface area contributed by atoms with Gasteiger partial charge >= 0.3 is 0 Å². The number of aromatic amines is 1. The van der Waals surface area contributed by atoms with Crippen LogP contribution in [0.3, 0.4) is 0 Å². The number of carbonyl (C=O) groups excluding carboxylic acids is 2. The lowest BCUT2D eigenvalue weighted by molar-refractivity contribution is -0.134. The van der Waals surface area contributed by atoms with Crippen molar-refractivity contribution in [3.63, 3.8) is 0 Å². The molecule has 2 amide bonds. The van der Waals surface area contributed by atoms with Crippen LogP contribution in [0.25, 0.3) is 10.9 Å². The van der Waals surface area contributed by atoms with E-state index in [0.29, 0.717) is 5.41 Å². The van der Waals surface area contributed by atoms with Gasteiger partial charge in [-0.25, -0.2) is 8.78 Å². The normalized spacial score (nSPS) is 19.6. The van der Waals surface area contributed by atoms with E-state index in [2.05, 4.69) is 10.3 Å². The molecule has 1 spiro atoms. The number of aromatic nitrogens is 1. The summed E-state index contributed by atoms with van der Waals surface area (Å²) >= 11 is 0. The predicted octanol–water partition coefficient (Wildman–Crippen LogP) is 2.97. The second kappa shape index (κ2) is 6.07. The summed E-state index contributed by atoms with van der Waals surface area (Å²) in [7, 11) is 0. The molecule has 1 aromatic carbocycles. The van der Waals surface area contributed by atoms with Crippen molar-refractivity contribution in [1.29, 1.82) is 0 Å². The molecule has 4 rings (SSSR count). The first-order valence-electron chi connectivity index (χ1n) is 8.95. The van der Waals surface area contributed by atoms with Gasteiger partial charge in [0, 0.05) is 18.5 Å². The molecule has 2 N–H and O–H groups in total. The molecule has 1 aliphatic carbocycles. The van der Waals surface area contributed by atoms with Crippen molar-refractivity contribution in [2.75, 3.05) is 13.1 Å². The Morgan fingerprint density at radius 2 is 1.81 bits per heavy atom. The van der Waals surface area contributed by atoms with E-state index in [-0.39, 0.29) is 22.5 Å². The van der Waals surface area contributed by atoms with Gasteiger partial charge in [-0.15, -0.1) is 0 Å². The zero-order valence-electron chi connectivity index (χ0n) is 14.6. The summed E-state index contributed by atoms with van der Waals surface area (Å²) < 4.78 is 27.5. The van der Waals surface area contributed by atoms with E-state index < -0.39 is 23.6 Å². The molecule has 0 unspecified atom stereocenters. The lowest BCUT2D eigenvalue weighted by atomic mass is 9.93. The van der Waals surface area contributed by atoms with Crippen molar-refractivity contribution in [3.05, 3.63) is 35.5 Å². The average Bonchev–Trinajstić information content (AvgIpc) is 3.21. The Labute approximate surface area is 149 Å². The number of nitrogens with zero attached hydrogens (tertiary/aromatic N) is 1. The fourth-order valence-corrected chi connectivity index (χ4v) is 3.76. The molecule has 2 aromatic rings. The van der Waals surface area contributed by atoms with Crippen LogP contribution in [0.4, 0.5) is 8.78 Å². The third-order valence-electron chi connectivity index (χ3n) is 5.75. The van der Waals surface area contributed by atoms with Crippen molar-refractivity contribution < 1.29 is 18.4 Å². The Balaban J connectivity index is 1.43. The summed E-state index contributed by atoms with van der Waals surface area (Å²) in [4.78, 5) is 29.3. The molecular weight excluding hydrogens is 340 g/mol. The third kappa shape index (κ3) is 2.95. The number of fused-ring (bicyclic) bond motifs is 1. The summed E-state index contributed by atoms with van der Waals surface area (Å²) in [6.45, 7) is 3.08. The fraction of sp³-hybridized carbons (Fsp3) is 0.474. The monoisotopic (exact) mass is 361 g/mol. The molecule has 1 aromatic heterocycles. The lowest BCUT2D eigenvalue weighted by Crippen LogP contribution is -2.49. The summed E-state index contributed by atoms with van der Waals surface area (Å²) in [6, 6.07) is 2.59. The quantitative estimate of drug-likeness (QED) is 0.883. The number of halogens is 2. The molecule has 0 bridgehead atoms. The van der Waals surface area contributed by atoms with E-state index in [4.69, 9.17) is 0 Å². The molecule has 1 atom stereocenters. The summed E-state index contributed by atoms with van der Waals surface area (Å²) in [5, 5.41) is 2.64. The van der Waals surface area contributed by atoms with Crippen LogP contribution < -0.4 is 5.32 Å². The van der Waals surface area contributed by atoms with E-state index in [0.717, 1.165) is 38.1 Å². The molecule has 0 radical (unpaired) electrons. The first-order valence-corrected chi connectivity index (χ1v) is 8.95. The number of H-pyrrole nitrogens is 1. The number of piperidine rings is 1. The van der Waals surface area contributed by atoms with Crippen molar-refractivity contribution in [1.82, 2.24) is 15.2 Å². The lowest BCUT2D eigenvalue weighted by Gasteiger charge is -2.33. The van der Waals surface area contributed by atoms with Crippen molar-refractivity contribution in [3.8, 4) is 0 Å². The largest absolute Gasteiger partial charge is 0.348 e. The van der Waals surface area contributed by atoms with E-state index in [1.165, 1.54) is 18.9 Å². The number of hydrogen-bond acceptors (Lipinski definition) is 2. The van der Waals surface area contributed by atoms with Gasteiger partial charge < -0.3 is 15.2 Å². The number of hydrogen-bond donors (Lipinski definition) is 2. The van der Waals surface area contributed by atoms with Crippen LogP contribution in [0.1, 0.15) is 43.1 Å². The Bertz CT molecular complexity index is 839. The van der Waals surface area contributed by atoms with E-state index in [1.54, 1.807) is 11.8 Å². The molecule has 1 saturated heterocycles. The number of benzene rings is 1. The van der Waals surface area contributed by atoms with Gasteiger partial charge in [-0.05, 0) is 56.2 Å². The molecule has 2 fully saturated rings. The van der Waals surface area contributed by atoms with Gasteiger partial charge in [0.05, 0.1) is 5.52 Å². The minimum absolute atomic E-state index is 0.0138. The topological polar surface area (TPSA) is 65.2 Å². The summed E-state index contributed by atoms with van der Waals surface area (Å²) in [5.41, 5.74) is 0.445. The van der Waals surface area contributed by atoms with Crippen LogP contribution in [0.15, 0.2) is 18.2 Å². The van der Waals surface area contributed by atoms with E-state index >= 15 is 0 Å². The molecule has 1 saturated carbocycles. The van der Waals surface area contributed by atoms with Crippen molar-refractivity contribution in [2.45, 2.75) is 38.6 Å². The molecule has 7 heteroatoms. The minimum Gasteiger partial charge on any atom is -0.348 e. The average molecular weight is 361 g/mol. The van der Waals surface area contributed by atoms with Crippen LogP contribution in [-0.4, -0.2) is 40.8 Å². The van der Waals surface area contributed by atoms with Gasteiger partial charge in [-0.1, -0.05) is 0 Å². The van der Waals surface area contributed by atoms with Gasteiger partial charge in [0.1, 0.15) is 23.4 Å². The second-order valence-electron chi connectivity index (χ2n) is 7.52. The maximum Gasteiger partial charge on any atom is 0.268 e. The predicted molar refractivity (Wildman–Crippen MR) is 92.6 cm³/mol. The van der Waals surface area contributed by atoms with Crippen molar-refractivity contribution in [2.24, 2.45) is 5.41 Å². The Kier molecular flexibility index (Phi) is 3.97. The van der Waals surface area contributed by atoms with Crippen LogP contribution in [-0.2, 0) is 4.79 Å². The van der Waals surface area contributed by atoms with Crippen LogP contribution >= 0.6 is 0 Å². The number of amides is 2. The van der Waals surface area contributed by atoms with Gasteiger partial charge in [0.15, 0.2) is 0 Å². The highest BCUT2D eigenvalue weighted by molar-refractivity contribution is 6.00. The molecule has 5 nitrogen and oxygen atoms in total. The second-order valence-corrected chi connectivity index (χ2v) is 7.52. The highest BCUT2D eigenvalue weighted by Gasteiger charge is 2.45. The van der Waals surface area contributed by atoms with E-state index in [1.807, 2.05) is 0 Å². The SMILES string of the molecule is C[C@@H](NC(=O)c1cc2c(F)ccc(F)c2[nH]1)C(=O)N1CCC2(CC1)CC2. The van der Waals surface area contributed by atoms with Crippen LogP contribution in [0, 0.1) is 17.0 Å². The van der Waals surface area contributed by atoms with Gasteiger partial charge in [-0.3, -0.25) is 9.59 Å². The third-order valence-corrected chi connectivity index (χ3v) is 5.75. The molecular formula is C19H21F2N3O2. The minimum atomic E-state index is -0.697. The maximum absolute atomic E-state index is 13.8. The molecule has 2 heterocycles. The first-order chi connectivity index (χ1) is 12.4. The van der Waals surface area contributed by atoms with Gasteiger partial charge in [-0.2, -0.15) is 0 Å². The number of rotatable bonds is 3. The van der Waals surface area contributed by atoms with Gasteiger partial charge in [0.2, 0.25) is 5.91 Å². The van der Waals surface area contributed by atoms with E-state index in [9.17, 15) is 18.4 Å². The number of likely N-dealkylation sites (tertiary alicyclic amines) is 1. The maximum atomic E-state index is 13.8. The van der Waals surface area contributed by atoms with Crippen LogP contribution in [0.2, 0.25) is 0 Å². The zero-order valence-corrected chi connectivity index (χ0v) is 14.6. The molecule has 138 valence electrons. The smallest absolute Gasteiger partial charge is 0.268 e. The standard InChI is InChI=1S/C19H21F2N3O2/c1-11(18(26)24-8-6-19(4-5-19)7-9-24)22-17(25)15-10-12-13(20)2-3-14(21)16(12)23-15/h2-3,10-11,23H,4-9H2,1H3,(H,22,25)/t11-/m1/s1. The number of carbonyl (C=O) groups is 2. The summed E-state index contributed by atoms with van der Waals surface area (Å²) in [5.74, 6) is -1.92. The highest BCUT2D eigenvalue weighted by Crippen LogP contribution is 2.53. The fourth-order valence-electron chi connectivity index (χ4n) is 3.76. The van der Waals surface area contributed by atoms with Crippen molar-refractivity contribution >= 4 is 22.7 Å². The highest BCUT2D eigenvalue weighted by atomic mass is 19.1.